The van der Waals surface area contributed by atoms with Crippen LogP contribution in [0.5, 0.6) is 0 Å². The Hall–Kier alpha value is -1.74. The van der Waals surface area contributed by atoms with Gasteiger partial charge < -0.3 is 4.42 Å². The molecule has 3 aromatic rings. The van der Waals surface area contributed by atoms with Crippen molar-refractivity contribution in [3.8, 4) is 0 Å². The molecule has 0 atom stereocenters. The predicted octanol–water partition coefficient (Wildman–Crippen LogP) is 5.65. The summed E-state index contributed by atoms with van der Waals surface area (Å²) >= 11 is 1.62. The van der Waals surface area contributed by atoms with Gasteiger partial charge >= 0.3 is 0 Å². The molecule has 0 bridgehead atoms. The highest BCUT2D eigenvalue weighted by Crippen LogP contribution is 2.40. The van der Waals surface area contributed by atoms with Gasteiger partial charge in [0.2, 0.25) is 0 Å². The van der Waals surface area contributed by atoms with Crippen LogP contribution in [-0.2, 0) is 0 Å². The molecule has 0 saturated heterocycles. The van der Waals surface area contributed by atoms with Crippen LogP contribution in [0.3, 0.4) is 0 Å². The van der Waals surface area contributed by atoms with Crippen LogP contribution in [0.25, 0.3) is 11.0 Å². The second-order valence-corrected chi connectivity index (χ2v) is 6.08. The van der Waals surface area contributed by atoms with Crippen LogP contribution in [0.1, 0.15) is 16.9 Å². The second kappa shape index (κ2) is 4.98. The third kappa shape index (κ3) is 2.34. The van der Waals surface area contributed by atoms with Crippen LogP contribution in [0.15, 0.2) is 50.6 Å². The van der Waals surface area contributed by atoms with E-state index in [1.807, 2.05) is 6.92 Å². The van der Waals surface area contributed by atoms with Gasteiger partial charge in [-0.1, -0.05) is 17.8 Å². The number of rotatable bonds is 2. The molecule has 1 nitrogen and oxygen atoms in total. The topological polar surface area (TPSA) is 13.1 Å². The minimum atomic E-state index is -0.213. The van der Waals surface area contributed by atoms with E-state index in [9.17, 15) is 4.39 Å². The monoisotopic (exact) mass is 286 g/mol. The van der Waals surface area contributed by atoms with E-state index in [0.29, 0.717) is 0 Å². The van der Waals surface area contributed by atoms with Gasteiger partial charge in [0.1, 0.15) is 17.2 Å². The Kier molecular flexibility index (Phi) is 3.30. The van der Waals surface area contributed by atoms with Crippen molar-refractivity contribution in [3.63, 3.8) is 0 Å². The molecular formula is C17H15FOS. The Morgan fingerprint density at radius 2 is 1.70 bits per heavy atom. The highest BCUT2D eigenvalue weighted by molar-refractivity contribution is 7.99. The number of furan rings is 1. The fourth-order valence-electron chi connectivity index (χ4n) is 2.43. The van der Waals surface area contributed by atoms with Gasteiger partial charge in [-0.05, 0) is 62.2 Å². The molecule has 1 heterocycles. The third-order valence-corrected chi connectivity index (χ3v) is 4.49. The zero-order valence-corrected chi connectivity index (χ0v) is 12.5. The molecule has 0 radical (unpaired) electrons. The van der Waals surface area contributed by atoms with Crippen LogP contribution in [0.4, 0.5) is 4.39 Å². The van der Waals surface area contributed by atoms with Crippen LogP contribution in [0.2, 0.25) is 0 Å². The van der Waals surface area contributed by atoms with E-state index in [1.165, 1.54) is 23.3 Å². The number of benzene rings is 2. The lowest BCUT2D eigenvalue weighted by Crippen LogP contribution is -1.81. The molecule has 0 fully saturated rings. The van der Waals surface area contributed by atoms with Crippen LogP contribution in [0, 0.1) is 26.6 Å². The van der Waals surface area contributed by atoms with Crippen LogP contribution < -0.4 is 0 Å². The van der Waals surface area contributed by atoms with Crippen LogP contribution in [-0.4, -0.2) is 0 Å². The molecule has 0 unspecified atom stereocenters. The Morgan fingerprint density at radius 1 is 1.00 bits per heavy atom. The van der Waals surface area contributed by atoms with Crippen molar-refractivity contribution in [2.24, 2.45) is 0 Å². The van der Waals surface area contributed by atoms with E-state index in [1.54, 1.807) is 23.9 Å². The van der Waals surface area contributed by atoms with E-state index < -0.39 is 0 Å². The summed E-state index contributed by atoms with van der Waals surface area (Å²) in [6, 6.07) is 10.8. The molecule has 3 heteroatoms. The van der Waals surface area contributed by atoms with Crippen LogP contribution >= 0.6 is 11.8 Å². The van der Waals surface area contributed by atoms with Crippen molar-refractivity contribution in [2.75, 3.05) is 0 Å². The van der Waals surface area contributed by atoms with E-state index in [4.69, 9.17) is 4.42 Å². The van der Waals surface area contributed by atoms with Gasteiger partial charge in [0.25, 0.3) is 0 Å². The highest BCUT2D eigenvalue weighted by Gasteiger charge is 2.14. The number of aryl methyl sites for hydroxylation is 3. The van der Waals surface area contributed by atoms with Crippen molar-refractivity contribution in [1.82, 2.24) is 0 Å². The zero-order valence-electron chi connectivity index (χ0n) is 11.7. The van der Waals surface area contributed by atoms with Crippen molar-refractivity contribution in [2.45, 2.75) is 30.6 Å². The first-order valence-electron chi connectivity index (χ1n) is 6.48. The van der Waals surface area contributed by atoms with E-state index in [-0.39, 0.29) is 5.82 Å². The Morgan fingerprint density at radius 3 is 2.40 bits per heavy atom. The molecule has 0 N–H and O–H groups in total. The van der Waals surface area contributed by atoms with Crippen molar-refractivity contribution in [1.29, 1.82) is 0 Å². The average Bonchev–Trinajstić information content (AvgIpc) is 2.68. The Labute approximate surface area is 121 Å². The molecular weight excluding hydrogens is 271 g/mol. The van der Waals surface area contributed by atoms with E-state index >= 15 is 0 Å². The lowest BCUT2D eigenvalue weighted by molar-refractivity contribution is 0.568. The molecule has 102 valence electrons. The lowest BCUT2D eigenvalue weighted by atomic mass is 10.1. The van der Waals surface area contributed by atoms with Gasteiger partial charge in [-0.15, -0.1) is 0 Å². The molecule has 2 aromatic carbocycles. The Balaban J connectivity index is 2.11. The Bertz CT molecular complexity index is 772. The number of fused-ring (bicyclic) bond motifs is 1. The molecule has 1 aromatic heterocycles. The summed E-state index contributed by atoms with van der Waals surface area (Å²) in [5.41, 5.74) is 3.33. The minimum Gasteiger partial charge on any atom is -0.460 e. The van der Waals surface area contributed by atoms with Gasteiger partial charge in [-0.2, -0.15) is 0 Å². The second-order valence-electron chi connectivity index (χ2n) is 5.00. The van der Waals surface area contributed by atoms with E-state index in [2.05, 4.69) is 26.0 Å². The maximum Gasteiger partial charge on any atom is 0.135 e. The molecule has 0 saturated carbocycles. The van der Waals surface area contributed by atoms with Gasteiger partial charge in [0.05, 0.1) is 4.90 Å². The molecule has 0 aliphatic carbocycles. The molecule has 0 aliphatic rings. The quantitative estimate of drug-likeness (QED) is 0.604. The fraction of sp³-hybridized carbons (Fsp3) is 0.176. The normalized spacial score (nSPS) is 11.2. The number of hydrogen-bond acceptors (Lipinski definition) is 2. The maximum absolute atomic E-state index is 13.0. The molecule has 3 rings (SSSR count). The largest absolute Gasteiger partial charge is 0.460 e. The van der Waals surface area contributed by atoms with Gasteiger partial charge in [-0.25, -0.2) is 4.39 Å². The number of hydrogen-bond donors (Lipinski definition) is 0. The average molecular weight is 286 g/mol. The number of halogens is 1. The highest BCUT2D eigenvalue weighted by atomic mass is 32.2. The molecule has 0 amide bonds. The van der Waals surface area contributed by atoms with Gasteiger partial charge in [-0.3, -0.25) is 0 Å². The third-order valence-electron chi connectivity index (χ3n) is 3.29. The summed E-state index contributed by atoms with van der Waals surface area (Å²) in [5.74, 6) is 0.693. The molecule has 20 heavy (non-hydrogen) atoms. The van der Waals surface area contributed by atoms with Crippen molar-refractivity contribution in [3.05, 3.63) is 59.1 Å². The molecule has 0 aliphatic heterocycles. The standard InChI is InChI=1S/C17H15FOS/c1-10-8-11(2)16-15(9-10)19-12(3)17(16)20-14-6-4-13(18)5-7-14/h4-9H,1-3H3. The minimum absolute atomic E-state index is 0.213. The molecule has 0 spiro atoms. The summed E-state index contributed by atoms with van der Waals surface area (Å²) in [7, 11) is 0. The first kappa shape index (κ1) is 13.3. The van der Waals surface area contributed by atoms with Crippen molar-refractivity contribution >= 4 is 22.7 Å². The predicted molar refractivity (Wildman–Crippen MR) is 80.9 cm³/mol. The first-order chi connectivity index (χ1) is 9.54. The fourth-order valence-corrected chi connectivity index (χ4v) is 3.49. The van der Waals surface area contributed by atoms with Gasteiger partial charge in [0, 0.05) is 10.3 Å². The van der Waals surface area contributed by atoms with Gasteiger partial charge in [0.15, 0.2) is 0 Å². The zero-order chi connectivity index (χ0) is 14.3. The first-order valence-corrected chi connectivity index (χ1v) is 7.30. The summed E-state index contributed by atoms with van der Waals surface area (Å²) in [5, 5.41) is 1.16. The summed E-state index contributed by atoms with van der Waals surface area (Å²) in [6.07, 6.45) is 0. The van der Waals surface area contributed by atoms with E-state index in [0.717, 1.165) is 26.5 Å². The summed E-state index contributed by atoms with van der Waals surface area (Å²) in [4.78, 5) is 2.13. The van der Waals surface area contributed by atoms with Crippen molar-refractivity contribution < 1.29 is 8.81 Å². The summed E-state index contributed by atoms with van der Waals surface area (Å²) in [6.45, 7) is 6.14. The maximum atomic E-state index is 13.0. The SMILES string of the molecule is Cc1cc(C)c2c(Sc3ccc(F)cc3)c(C)oc2c1. The smallest absolute Gasteiger partial charge is 0.135 e. The lowest BCUT2D eigenvalue weighted by Gasteiger charge is -2.03. The summed E-state index contributed by atoms with van der Waals surface area (Å²) < 4.78 is 18.8.